The molecule has 0 radical (unpaired) electrons. The average Bonchev–Trinajstić information content (AvgIpc) is 2.97. The number of hydrogen-bond acceptors (Lipinski definition) is 6. The molecule has 4 aromatic rings. The van der Waals surface area contributed by atoms with Crippen LogP contribution < -0.4 is 14.8 Å². The number of hydrogen-bond donors (Lipinski definition) is 3. The van der Waals surface area contributed by atoms with Crippen molar-refractivity contribution in [3.05, 3.63) is 119 Å². The van der Waals surface area contributed by atoms with Crippen LogP contribution in [0.15, 0.2) is 102 Å². The van der Waals surface area contributed by atoms with Crippen LogP contribution in [0.25, 0.3) is 0 Å². The molecule has 3 N–H and O–H groups in total. The zero-order chi connectivity index (χ0) is 27.0. The Labute approximate surface area is 224 Å². The molecule has 0 aliphatic rings. The summed E-state index contributed by atoms with van der Waals surface area (Å²) in [5, 5.41) is 25.4. The highest BCUT2D eigenvalue weighted by molar-refractivity contribution is 6.14. The van der Waals surface area contributed by atoms with Gasteiger partial charge in [-0.2, -0.15) is 0 Å². The maximum absolute atomic E-state index is 11.0. The van der Waals surface area contributed by atoms with Gasteiger partial charge in [-0.15, -0.1) is 0 Å². The highest BCUT2D eigenvalue weighted by Crippen LogP contribution is 2.39. The van der Waals surface area contributed by atoms with Gasteiger partial charge in [0.1, 0.15) is 23.0 Å². The van der Waals surface area contributed by atoms with E-state index in [2.05, 4.69) is 24.4 Å². The number of benzene rings is 4. The van der Waals surface area contributed by atoms with Crippen LogP contribution in [0.2, 0.25) is 0 Å². The summed E-state index contributed by atoms with van der Waals surface area (Å²) in [6.45, 7) is 3.07. The lowest BCUT2D eigenvalue weighted by atomic mass is 9.80. The summed E-state index contributed by atoms with van der Waals surface area (Å²) in [6, 6.07) is 30.6. The predicted molar refractivity (Wildman–Crippen MR) is 152 cm³/mol. The van der Waals surface area contributed by atoms with Crippen molar-refractivity contribution in [1.82, 2.24) is 5.32 Å². The van der Waals surface area contributed by atoms with Crippen LogP contribution in [0.4, 0.5) is 0 Å². The van der Waals surface area contributed by atoms with Crippen LogP contribution in [-0.2, 0) is 5.54 Å². The Kier molecular flexibility index (Phi) is 8.66. The molecule has 0 spiro atoms. The van der Waals surface area contributed by atoms with Crippen molar-refractivity contribution in [3.63, 3.8) is 0 Å². The second-order valence-corrected chi connectivity index (χ2v) is 8.91. The van der Waals surface area contributed by atoms with Gasteiger partial charge in [-0.05, 0) is 36.2 Å². The molecule has 38 heavy (non-hydrogen) atoms. The lowest BCUT2D eigenvalue weighted by Crippen LogP contribution is -2.44. The van der Waals surface area contributed by atoms with Crippen molar-refractivity contribution in [1.29, 1.82) is 0 Å². The van der Waals surface area contributed by atoms with Crippen molar-refractivity contribution < 1.29 is 19.7 Å². The van der Waals surface area contributed by atoms with Crippen molar-refractivity contribution >= 4 is 5.71 Å². The van der Waals surface area contributed by atoms with Crippen LogP contribution in [-0.4, -0.2) is 43.2 Å². The molecular weight excluding hydrogens is 476 g/mol. The molecule has 0 saturated heterocycles. The first-order valence-corrected chi connectivity index (χ1v) is 12.7. The Morgan fingerprint density at radius 1 is 0.789 bits per heavy atom. The van der Waals surface area contributed by atoms with Gasteiger partial charge in [-0.1, -0.05) is 67.6 Å². The SMILES string of the molecule is CC[C@@](NCCN=C(c1ccccc1)c1ccc(OC)cc1O)(c1ccccc1)c1ccc(OC)cc1O. The molecule has 0 aliphatic heterocycles. The lowest BCUT2D eigenvalue weighted by Gasteiger charge is -2.36. The molecular formula is C32H34N2O4. The van der Waals surface area contributed by atoms with E-state index in [1.54, 1.807) is 26.4 Å². The van der Waals surface area contributed by atoms with Crippen molar-refractivity contribution in [3.8, 4) is 23.0 Å². The summed E-state index contributed by atoms with van der Waals surface area (Å²) < 4.78 is 10.6. The van der Waals surface area contributed by atoms with E-state index in [0.717, 1.165) is 16.7 Å². The summed E-state index contributed by atoms with van der Waals surface area (Å²) in [4.78, 5) is 4.93. The Hall–Kier alpha value is -4.29. The molecule has 0 unspecified atom stereocenters. The zero-order valence-electron chi connectivity index (χ0n) is 22.0. The lowest BCUT2D eigenvalue weighted by molar-refractivity contribution is 0.363. The Morgan fingerprint density at radius 3 is 1.97 bits per heavy atom. The number of nitrogens with zero attached hydrogens (tertiary/aromatic N) is 1. The quantitative estimate of drug-likeness (QED) is 0.173. The average molecular weight is 511 g/mol. The van der Waals surface area contributed by atoms with Gasteiger partial charge in [0, 0.05) is 35.4 Å². The largest absolute Gasteiger partial charge is 0.507 e. The minimum atomic E-state index is -0.637. The normalized spacial score (nSPS) is 13.1. The molecule has 4 rings (SSSR count). The van der Waals surface area contributed by atoms with Gasteiger partial charge >= 0.3 is 0 Å². The van der Waals surface area contributed by atoms with Gasteiger partial charge in [0.05, 0.1) is 32.0 Å². The number of nitrogens with one attached hydrogen (secondary N) is 1. The van der Waals surface area contributed by atoms with Crippen LogP contribution in [0.3, 0.4) is 0 Å². The first-order chi connectivity index (χ1) is 18.5. The Bertz CT molecular complexity index is 1370. The number of aromatic hydroxyl groups is 2. The Balaban J connectivity index is 1.67. The van der Waals surface area contributed by atoms with E-state index in [-0.39, 0.29) is 11.5 Å². The first-order valence-electron chi connectivity index (χ1n) is 12.7. The molecule has 0 fully saturated rings. The fraction of sp³-hybridized carbons (Fsp3) is 0.219. The monoisotopic (exact) mass is 510 g/mol. The fourth-order valence-corrected chi connectivity index (χ4v) is 4.80. The molecule has 6 heteroatoms. The van der Waals surface area contributed by atoms with Gasteiger partial charge in [0.2, 0.25) is 0 Å². The maximum Gasteiger partial charge on any atom is 0.128 e. The van der Waals surface area contributed by atoms with Crippen LogP contribution >= 0.6 is 0 Å². The third kappa shape index (κ3) is 5.66. The molecule has 0 amide bonds. The molecule has 196 valence electrons. The summed E-state index contributed by atoms with van der Waals surface area (Å²) in [6.07, 6.45) is 0.700. The van der Waals surface area contributed by atoms with E-state index in [4.69, 9.17) is 14.5 Å². The van der Waals surface area contributed by atoms with Crippen molar-refractivity contribution in [2.24, 2.45) is 4.99 Å². The van der Waals surface area contributed by atoms with E-state index in [9.17, 15) is 10.2 Å². The molecule has 0 aromatic heterocycles. The minimum Gasteiger partial charge on any atom is -0.507 e. The summed E-state index contributed by atoms with van der Waals surface area (Å²) in [5.41, 5.74) is 3.42. The summed E-state index contributed by atoms with van der Waals surface area (Å²) in [5.74, 6) is 1.45. The molecule has 4 aromatic carbocycles. The highest BCUT2D eigenvalue weighted by atomic mass is 16.5. The van der Waals surface area contributed by atoms with E-state index in [1.807, 2.05) is 72.8 Å². The van der Waals surface area contributed by atoms with Crippen molar-refractivity contribution in [2.75, 3.05) is 27.3 Å². The van der Waals surface area contributed by atoms with Crippen LogP contribution in [0.1, 0.15) is 35.6 Å². The molecule has 0 aliphatic carbocycles. The number of methoxy groups -OCH3 is 2. The molecule has 0 saturated carbocycles. The van der Waals surface area contributed by atoms with Gasteiger partial charge in [-0.25, -0.2) is 0 Å². The van der Waals surface area contributed by atoms with E-state index in [0.29, 0.717) is 42.3 Å². The number of ether oxygens (including phenoxy) is 2. The van der Waals surface area contributed by atoms with Gasteiger partial charge < -0.3 is 25.0 Å². The topological polar surface area (TPSA) is 83.3 Å². The van der Waals surface area contributed by atoms with Crippen LogP contribution in [0.5, 0.6) is 23.0 Å². The van der Waals surface area contributed by atoms with E-state index < -0.39 is 5.54 Å². The van der Waals surface area contributed by atoms with Gasteiger partial charge in [0.15, 0.2) is 0 Å². The van der Waals surface area contributed by atoms with E-state index in [1.165, 1.54) is 0 Å². The zero-order valence-corrected chi connectivity index (χ0v) is 22.0. The third-order valence-corrected chi connectivity index (χ3v) is 6.78. The van der Waals surface area contributed by atoms with Crippen molar-refractivity contribution in [2.45, 2.75) is 18.9 Å². The standard InChI is InChI=1S/C32H34N2O4/c1-4-32(24-13-9-6-10-14-24,28-18-16-26(38-3)22-30(28)36)34-20-19-33-31(23-11-7-5-8-12-23)27-17-15-25(37-2)21-29(27)35/h5-18,21-22,34-36H,4,19-20H2,1-3H3/t32-/m1/s1. The number of phenolic OH excluding ortho intramolecular Hbond substituents is 2. The Morgan fingerprint density at radius 2 is 1.39 bits per heavy atom. The van der Waals surface area contributed by atoms with Crippen LogP contribution in [0, 0.1) is 0 Å². The highest BCUT2D eigenvalue weighted by Gasteiger charge is 2.34. The second kappa shape index (κ2) is 12.3. The summed E-state index contributed by atoms with van der Waals surface area (Å²) in [7, 11) is 3.15. The van der Waals surface area contributed by atoms with Gasteiger partial charge in [-0.3, -0.25) is 4.99 Å². The molecule has 0 bridgehead atoms. The fourth-order valence-electron chi connectivity index (χ4n) is 4.80. The molecule has 1 atom stereocenters. The van der Waals surface area contributed by atoms with Gasteiger partial charge in [0.25, 0.3) is 0 Å². The van der Waals surface area contributed by atoms with E-state index >= 15 is 0 Å². The summed E-state index contributed by atoms with van der Waals surface area (Å²) >= 11 is 0. The number of phenols is 2. The molecule has 0 heterocycles. The number of aliphatic imine (C=N–C) groups is 1. The number of rotatable bonds is 11. The second-order valence-electron chi connectivity index (χ2n) is 8.91. The minimum absolute atomic E-state index is 0.107. The smallest absolute Gasteiger partial charge is 0.128 e. The predicted octanol–water partition coefficient (Wildman–Crippen LogP) is 5.90. The molecule has 6 nitrogen and oxygen atoms in total. The maximum atomic E-state index is 11.0. The first kappa shape index (κ1) is 26.8. The third-order valence-electron chi connectivity index (χ3n) is 6.78.